The third kappa shape index (κ3) is 4.52. The molecular weight excluding hydrogens is 392 g/mol. The first-order chi connectivity index (χ1) is 14.1. The van der Waals surface area contributed by atoms with Crippen LogP contribution in [0.3, 0.4) is 0 Å². The number of thiazole rings is 1. The van der Waals surface area contributed by atoms with E-state index < -0.39 is 5.63 Å². The van der Waals surface area contributed by atoms with E-state index in [4.69, 9.17) is 9.15 Å². The molecule has 1 N–H and O–H groups in total. The number of anilines is 1. The van der Waals surface area contributed by atoms with E-state index in [-0.39, 0.29) is 12.3 Å². The number of amides is 1. The Hall–Kier alpha value is -3.04. The summed E-state index contributed by atoms with van der Waals surface area (Å²) < 4.78 is 10.6. The van der Waals surface area contributed by atoms with Gasteiger partial charge in [-0.3, -0.25) is 4.79 Å². The van der Waals surface area contributed by atoms with E-state index in [0.717, 1.165) is 23.6 Å². The van der Waals surface area contributed by atoms with Crippen LogP contribution in [-0.2, 0) is 16.0 Å². The average Bonchev–Trinajstić information content (AvgIpc) is 3.20. The number of rotatable bonds is 5. The fourth-order valence-corrected chi connectivity index (χ4v) is 3.88. The van der Waals surface area contributed by atoms with Crippen LogP contribution in [0.25, 0.3) is 11.0 Å². The standard InChI is InChI=1S/C20H20N4O4S/c1-13(16-10-14-4-2-3-5-17(14)28-19(16)26)22-23-18(25)11-15-12-29-20(21-15)24-6-8-27-9-7-24/h2-5,10,12H,6-9,11H2,1H3,(H,23,25)/b22-13-. The second-order valence-corrected chi connectivity index (χ2v) is 7.45. The Morgan fingerprint density at radius 3 is 2.93 bits per heavy atom. The van der Waals surface area contributed by atoms with Gasteiger partial charge in [0.15, 0.2) is 5.13 Å². The minimum atomic E-state index is -0.492. The fraction of sp³-hybridized carbons (Fsp3) is 0.300. The molecule has 1 fully saturated rings. The number of hydrogen-bond donors (Lipinski definition) is 1. The SMILES string of the molecule is C/C(=N/NC(=O)Cc1csc(N2CCOCC2)n1)c1cc2ccccc2oc1=O. The topological polar surface area (TPSA) is 97.0 Å². The number of hydrogen-bond acceptors (Lipinski definition) is 8. The highest BCUT2D eigenvalue weighted by molar-refractivity contribution is 7.13. The minimum Gasteiger partial charge on any atom is -0.422 e. The quantitative estimate of drug-likeness (QED) is 0.392. The smallest absolute Gasteiger partial charge is 0.345 e. The third-order valence-electron chi connectivity index (χ3n) is 4.54. The van der Waals surface area contributed by atoms with E-state index in [1.54, 1.807) is 25.1 Å². The molecule has 0 spiro atoms. The van der Waals surface area contributed by atoms with Crippen LogP contribution in [0.1, 0.15) is 18.2 Å². The molecule has 0 atom stereocenters. The van der Waals surface area contributed by atoms with E-state index in [1.165, 1.54) is 11.3 Å². The summed E-state index contributed by atoms with van der Waals surface area (Å²) in [6.45, 7) is 4.63. The van der Waals surface area contributed by atoms with Crippen molar-refractivity contribution >= 4 is 39.1 Å². The molecule has 0 saturated carbocycles. The monoisotopic (exact) mass is 412 g/mol. The van der Waals surface area contributed by atoms with Gasteiger partial charge in [0.05, 0.1) is 36.6 Å². The van der Waals surface area contributed by atoms with Crippen LogP contribution in [-0.4, -0.2) is 42.9 Å². The number of benzene rings is 1. The van der Waals surface area contributed by atoms with Crippen molar-refractivity contribution < 1.29 is 13.9 Å². The lowest BCUT2D eigenvalue weighted by atomic mass is 10.1. The molecule has 1 aromatic carbocycles. The summed E-state index contributed by atoms with van der Waals surface area (Å²) in [5.41, 5.74) is 3.89. The molecule has 0 unspecified atom stereocenters. The first kappa shape index (κ1) is 19.3. The largest absolute Gasteiger partial charge is 0.422 e. The normalized spacial score (nSPS) is 14.9. The molecule has 2 aromatic heterocycles. The van der Waals surface area contributed by atoms with Gasteiger partial charge >= 0.3 is 5.63 Å². The number of nitrogens with zero attached hydrogens (tertiary/aromatic N) is 3. The van der Waals surface area contributed by atoms with Crippen molar-refractivity contribution in [2.75, 3.05) is 31.2 Å². The van der Waals surface area contributed by atoms with Gasteiger partial charge in [-0.25, -0.2) is 15.2 Å². The summed E-state index contributed by atoms with van der Waals surface area (Å²) >= 11 is 1.51. The van der Waals surface area contributed by atoms with Gasteiger partial charge in [0.1, 0.15) is 5.58 Å². The number of carbonyl (C=O) groups excluding carboxylic acids is 1. The van der Waals surface area contributed by atoms with Crippen LogP contribution in [0, 0.1) is 0 Å². The predicted octanol–water partition coefficient (Wildman–Crippen LogP) is 2.17. The molecule has 9 heteroatoms. The molecular formula is C20H20N4O4S. The van der Waals surface area contributed by atoms with E-state index in [9.17, 15) is 9.59 Å². The summed E-state index contributed by atoms with van der Waals surface area (Å²) in [6, 6.07) is 8.95. The number of aromatic nitrogens is 1. The van der Waals surface area contributed by atoms with Crippen molar-refractivity contribution in [3.8, 4) is 0 Å². The number of para-hydroxylation sites is 1. The zero-order chi connectivity index (χ0) is 20.2. The number of fused-ring (bicyclic) bond motifs is 1. The highest BCUT2D eigenvalue weighted by Gasteiger charge is 2.16. The molecule has 0 radical (unpaired) electrons. The first-order valence-electron chi connectivity index (χ1n) is 9.23. The predicted molar refractivity (Wildman–Crippen MR) is 112 cm³/mol. The Bertz CT molecular complexity index is 1110. The van der Waals surface area contributed by atoms with Gasteiger partial charge in [-0.2, -0.15) is 5.10 Å². The minimum absolute atomic E-state index is 0.115. The van der Waals surface area contributed by atoms with Crippen molar-refractivity contribution in [1.82, 2.24) is 10.4 Å². The van der Waals surface area contributed by atoms with Crippen molar-refractivity contribution in [2.24, 2.45) is 5.10 Å². The summed E-state index contributed by atoms with van der Waals surface area (Å²) in [5, 5.41) is 7.62. The summed E-state index contributed by atoms with van der Waals surface area (Å²) in [5.74, 6) is -0.298. The molecule has 3 aromatic rings. The Morgan fingerprint density at radius 2 is 2.10 bits per heavy atom. The molecule has 1 amide bonds. The highest BCUT2D eigenvalue weighted by atomic mass is 32.1. The molecule has 4 rings (SSSR count). The Morgan fingerprint density at radius 1 is 1.31 bits per heavy atom. The van der Waals surface area contributed by atoms with Gasteiger partial charge in [-0.05, 0) is 19.1 Å². The van der Waals surface area contributed by atoms with E-state index >= 15 is 0 Å². The van der Waals surface area contributed by atoms with Crippen LogP contribution in [0.4, 0.5) is 5.13 Å². The van der Waals surface area contributed by atoms with E-state index in [0.29, 0.717) is 35.8 Å². The van der Waals surface area contributed by atoms with Gasteiger partial charge < -0.3 is 14.1 Å². The second kappa shape index (κ2) is 8.54. The molecule has 0 aliphatic carbocycles. The van der Waals surface area contributed by atoms with E-state index in [2.05, 4.69) is 20.4 Å². The van der Waals surface area contributed by atoms with E-state index in [1.807, 2.05) is 17.5 Å². The number of ether oxygens (including phenoxy) is 1. The third-order valence-corrected chi connectivity index (χ3v) is 5.49. The zero-order valence-corrected chi connectivity index (χ0v) is 16.7. The number of morpholine rings is 1. The number of hydrazone groups is 1. The maximum Gasteiger partial charge on any atom is 0.345 e. The first-order valence-corrected chi connectivity index (χ1v) is 10.1. The molecule has 3 heterocycles. The Kier molecular flexibility index (Phi) is 5.68. The van der Waals surface area contributed by atoms with Crippen LogP contribution in [0.5, 0.6) is 0 Å². The van der Waals surface area contributed by atoms with Crippen molar-refractivity contribution in [3.63, 3.8) is 0 Å². The maximum absolute atomic E-state index is 12.2. The van der Waals surface area contributed by atoms with Crippen molar-refractivity contribution in [1.29, 1.82) is 0 Å². The van der Waals surface area contributed by atoms with Crippen LogP contribution >= 0.6 is 11.3 Å². The van der Waals surface area contributed by atoms with Gasteiger partial charge in [0.25, 0.3) is 0 Å². The molecule has 1 aliphatic rings. The van der Waals surface area contributed by atoms with Crippen molar-refractivity contribution in [3.05, 3.63) is 57.4 Å². The summed E-state index contributed by atoms with van der Waals surface area (Å²) in [7, 11) is 0. The summed E-state index contributed by atoms with van der Waals surface area (Å²) in [6.07, 6.45) is 0.115. The lowest BCUT2D eigenvalue weighted by Crippen LogP contribution is -2.36. The highest BCUT2D eigenvalue weighted by Crippen LogP contribution is 2.21. The fourth-order valence-electron chi connectivity index (χ4n) is 3.00. The molecule has 29 heavy (non-hydrogen) atoms. The lowest BCUT2D eigenvalue weighted by molar-refractivity contribution is -0.120. The Labute approximate surface area is 170 Å². The van der Waals surface area contributed by atoms with Crippen LogP contribution in [0.2, 0.25) is 0 Å². The van der Waals surface area contributed by atoms with Crippen LogP contribution < -0.4 is 16.0 Å². The lowest BCUT2D eigenvalue weighted by Gasteiger charge is -2.26. The molecule has 0 bridgehead atoms. The number of carbonyl (C=O) groups is 1. The van der Waals surface area contributed by atoms with Crippen molar-refractivity contribution in [2.45, 2.75) is 13.3 Å². The maximum atomic E-state index is 12.2. The number of nitrogens with one attached hydrogen (secondary N) is 1. The zero-order valence-electron chi connectivity index (χ0n) is 15.9. The average molecular weight is 412 g/mol. The molecule has 150 valence electrons. The van der Waals surface area contributed by atoms with Gasteiger partial charge in [-0.15, -0.1) is 11.3 Å². The van der Waals surface area contributed by atoms with Gasteiger partial charge in [0, 0.05) is 23.9 Å². The van der Waals surface area contributed by atoms with Crippen LogP contribution in [0.15, 0.2) is 50.0 Å². The van der Waals surface area contributed by atoms with Gasteiger partial charge in [-0.1, -0.05) is 18.2 Å². The molecule has 1 saturated heterocycles. The Balaban J connectivity index is 1.41. The second-order valence-electron chi connectivity index (χ2n) is 6.62. The van der Waals surface area contributed by atoms with Gasteiger partial charge in [0.2, 0.25) is 5.91 Å². The molecule has 1 aliphatic heterocycles. The molecule has 8 nitrogen and oxygen atoms in total. The summed E-state index contributed by atoms with van der Waals surface area (Å²) in [4.78, 5) is 31.1.